The van der Waals surface area contributed by atoms with E-state index < -0.39 is 11.4 Å². The smallest absolute Gasteiger partial charge is 0.251 e. The van der Waals surface area contributed by atoms with E-state index in [0.717, 1.165) is 31.4 Å². The molecule has 2 rings (SSSR count). The highest BCUT2D eigenvalue weighted by Crippen LogP contribution is 2.18. The Morgan fingerprint density at radius 3 is 2.46 bits per heavy atom. The molecule has 24 heavy (non-hydrogen) atoms. The van der Waals surface area contributed by atoms with Crippen molar-refractivity contribution in [3.05, 3.63) is 35.4 Å². The molecule has 0 aliphatic carbocycles. The van der Waals surface area contributed by atoms with Crippen molar-refractivity contribution in [3.63, 3.8) is 0 Å². The lowest BCUT2D eigenvalue weighted by Crippen LogP contribution is -2.56. The van der Waals surface area contributed by atoms with Gasteiger partial charge in [0.05, 0.1) is 12.1 Å². The molecule has 7 nitrogen and oxygen atoms in total. The molecular formula is C17H24N4O3. The Bertz CT molecular complexity index is 607. The molecule has 1 aliphatic rings. The average molecular weight is 332 g/mol. The zero-order valence-corrected chi connectivity index (χ0v) is 13.9. The SMILES string of the molecule is CC1(C(=O)NCc2ccc(C(=O)NCC(N)=O)cc2)CCCCN1. The third-order valence-electron chi connectivity index (χ3n) is 4.21. The maximum Gasteiger partial charge on any atom is 0.251 e. The van der Waals surface area contributed by atoms with E-state index in [2.05, 4.69) is 16.0 Å². The van der Waals surface area contributed by atoms with Gasteiger partial charge in [0.25, 0.3) is 5.91 Å². The van der Waals surface area contributed by atoms with Crippen molar-refractivity contribution < 1.29 is 14.4 Å². The van der Waals surface area contributed by atoms with Crippen molar-refractivity contribution in [1.29, 1.82) is 0 Å². The van der Waals surface area contributed by atoms with Crippen LogP contribution in [0.15, 0.2) is 24.3 Å². The Kier molecular flexibility index (Phi) is 5.92. The van der Waals surface area contributed by atoms with Gasteiger partial charge in [0.1, 0.15) is 0 Å². The molecule has 5 N–H and O–H groups in total. The number of rotatable bonds is 6. The van der Waals surface area contributed by atoms with Gasteiger partial charge in [-0.05, 0) is 50.4 Å². The van der Waals surface area contributed by atoms with Crippen LogP contribution in [0.3, 0.4) is 0 Å². The molecule has 0 radical (unpaired) electrons. The highest BCUT2D eigenvalue weighted by Gasteiger charge is 2.33. The summed E-state index contributed by atoms with van der Waals surface area (Å²) in [5.41, 5.74) is 5.81. The topological polar surface area (TPSA) is 113 Å². The largest absolute Gasteiger partial charge is 0.368 e. The molecule has 1 heterocycles. The van der Waals surface area contributed by atoms with Crippen molar-refractivity contribution in [1.82, 2.24) is 16.0 Å². The van der Waals surface area contributed by atoms with Crippen LogP contribution in [-0.4, -0.2) is 36.3 Å². The summed E-state index contributed by atoms with van der Waals surface area (Å²) in [6.07, 6.45) is 2.98. The normalized spacial score (nSPS) is 20.2. The lowest BCUT2D eigenvalue weighted by Gasteiger charge is -2.33. The van der Waals surface area contributed by atoms with E-state index in [1.807, 2.05) is 6.92 Å². The molecule has 1 fully saturated rings. The first-order valence-electron chi connectivity index (χ1n) is 8.09. The molecule has 1 atom stereocenters. The van der Waals surface area contributed by atoms with E-state index in [0.29, 0.717) is 12.1 Å². The van der Waals surface area contributed by atoms with Crippen LogP contribution < -0.4 is 21.7 Å². The molecule has 7 heteroatoms. The predicted molar refractivity (Wildman–Crippen MR) is 90.1 cm³/mol. The molecule has 1 aliphatic heterocycles. The number of carbonyl (C=O) groups is 3. The molecule has 0 aromatic heterocycles. The van der Waals surface area contributed by atoms with E-state index in [1.165, 1.54) is 0 Å². The number of piperidine rings is 1. The molecule has 130 valence electrons. The van der Waals surface area contributed by atoms with Crippen LogP contribution in [0.5, 0.6) is 0 Å². The zero-order chi connectivity index (χ0) is 17.6. The molecule has 3 amide bonds. The Hall–Kier alpha value is -2.41. The Labute approximate surface area is 141 Å². The summed E-state index contributed by atoms with van der Waals surface area (Å²) >= 11 is 0. The number of benzene rings is 1. The lowest BCUT2D eigenvalue weighted by atomic mass is 9.90. The van der Waals surface area contributed by atoms with Gasteiger partial charge in [0, 0.05) is 12.1 Å². The lowest BCUT2D eigenvalue weighted by molar-refractivity contribution is -0.128. The van der Waals surface area contributed by atoms with Gasteiger partial charge in [-0.25, -0.2) is 0 Å². The molecular weight excluding hydrogens is 308 g/mol. The molecule has 0 saturated carbocycles. The number of nitrogens with one attached hydrogen (secondary N) is 3. The number of primary amides is 1. The van der Waals surface area contributed by atoms with Crippen LogP contribution >= 0.6 is 0 Å². The van der Waals surface area contributed by atoms with Crippen LogP contribution in [0.2, 0.25) is 0 Å². The number of nitrogens with two attached hydrogens (primary N) is 1. The second kappa shape index (κ2) is 7.92. The van der Waals surface area contributed by atoms with Gasteiger partial charge < -0.3 is 21.7 Å². The van der Waals surface area contributed by atoms with Crippen molar-refractivity contribution >= 4 is 17.7 Å². The average Bonchev–Trinajstić information content (AvgIpc) is 2.58. The van der Waals surface area contributed by atoms with Crippen molar-refractivity contribution in [2.45, 2.75) is 38.3 Å². The first-order valence-corrected chi connectivity index (χ1v) is 8.09. The molecule has 1 unspecified atom stereocenters. The fourth-order valence-corrected chi connectivity index (χ4v) is 2.67. The van der Waals surface area contributed by atoms with E-state index in [4.69, 9.17) is 5.73 Å². The van der Waals surface area contributed by atoms with Crippen molar-refractivity contribution in [2.75, 3.05) is 13.1 Å². The summed E-state index contributed by atoms with van der Waals surface area (Å²) in [5, 5.41) is 8.64. The summed E-state index contributed by atoms with van der Waals surface area (Å²) in [6.45, 7) is 2.99. The second-order valence-corrected chi connectivity index (χ2v) is 6.24. The van der Waals surface area contributed by atoms with Gasteiger partial charge in [0.2, 0.25) is 11.8 Å². The van der Waals surface area contributed by atoms with Crippen LogP contribution in [0, 0.1) is 0 Å². The van der Waals surface area contributed by atoms with Crippen LogP contribution in [0.4, 0.5) is 0 Å². The van der Waals surface area contributed by atoms with Gasteiger partial charge in [-0.1, -0.05) is 12.1 Å². The first kappa shape index (κ1) is 17.9. The van der Waals surface area contributed by atoms with Gasteiger partial charge >= 0.3 is 0 Å². The molecule has 0 bridgehead atoms. The number of hydrogen-bond donors (Lipinski definition) is 4. The van der Waals surface area contributed by atoms with E-state index in [1.54, 1.807) is 24.3 Å². The Morgan fingerprint density at radius 1 is 1.17 bits per heavy atom. The minimum absolute atomic E-state index is 0.00882. The van der Waals surface area contributed by atoms with Gasteiger partial charge in [-0.15, -0.1) is 0 Å². The van der Waals surface area contributed by atoms with E-state index in [-0.39, 0.29) is 18.4 Å². The summed E-state index contributed by atoms with van der Waals surface area (Å²) < 4.78 is 0. The minimum Gasteiger partial charge on any atom is -0.368 e. The Morgan fingerprint density at radius 2 is 1.88 bits per heavy atom. The maximum absolute atomic E-state index is 12.3. The van der Waals surface area contributed by atoms with Gasteiger partial charge in [-0.2, -0.15) is 0 Å². The highest BCUT2D eigenvalue weighted by molar-refractivity contribution is 5.96. The number of carbonyl (C=O) groups excluding carboxylic acids is 3. The highest BCUT2D eigenvalue weighted by atomic mass is 16.2. The Balaban J connectivity index is 1.86. The number of amides is 3. The van der Waals surface area contributed by atoms with E-state index in [9.17, 15) is 14.4 Å². The zero-order valence-electron chi connectivity index (χ0n) is 13.9. The molecule has 1 aromatic rings. The summed E-state index contributed by atoms with van der Waals surface area (Å²) in [4.78, 5) is 34.8. The molecule has 1 saturated heterocycles. The quantitative estimate of drug-likeness (QED) is 0.589. The third kappa shape index (κ3) is 4.79. The maximum atomic E-state index is 12.3. The van der Waals surface area contributed by atoms with Crippen LogP contribution in [0.1, 0.15) is 42.1 Å². The van der Waals surface area contributed by atoms with Gasteiger partial charge in [0.15, 0.2) is 0 Å². The number of hydrogen-bond acceptors (Lipinski definition) is 4. The molecule has 0 spiro atoms. The van der Waals surface area contributed by atoms with Crippen LogP contribution in [-0.2, 0) is 16.1 Å². The fourth-order valence-electron chi connectivity index (χ4n) is 2.67. The van der Waals surface area contributed by atoms with Crippen molar-refractivity contribution in [2.24, 2.45) is 5.73 Å². The molecule has 1 aromatic carbocycles. The van der Waals surface area contributed by atoms with Gasteiger partial charge in [-0.3, -0.25) is 14.4 Å². The second-order valence-electron chi connectivity index (χ2n) is 6.24. The third-order valence-corrected chi connectivity index (χ3v) is 4.21. The van der Waals surface area contributed by atoms with Crippen LogP contribution in [0.25, 0.3) is 0 Å². The van der Waals surface area contributed by atoms with Crippen molar-refractivity contribution in [3.8, 4) is 0 Å². The summed E-state index contributed by atoms with van der Waals surface area (Å²) in [7, 11) is 0. The first-order chi connectivity index (χ1) is 11.4. The summed E-state index contributed by atoms with van der Waals surface area (Å²) in [5.74, 6) is -0.957. The minimum atomic E-state index is -0.590. The van der Waals surface area contributed by atoms with E-state index >= 15 is 0 Å². The summed E-state index contributed by atoms with van der Waals surface area (Å²) in [6, 6.07) is 6.85. The monoisotopic (exact) mass is 332 g/mol. The predicted octanol–water partition coefficient (Wildman–Crippen LogP) is 0.0501. The standard InChI is InChI=1S/C17H24N4O3/c1-17(8-2-3-9-21-17)16(24)20-10-12-4-6-13(7-5-12)15(23)19-11-14(18)22/h4-7,21H,2-3,8-11H2,1H3,(H2,18,22)(H,19,23)(H,20,24). The fraction of sp³-hybridized carbons (Fsp3) is 0.471.